The van der Waals surface area contributed by atoms with E-state index < -0.39 is 34.0 Å². The molecule has 0 aromatic heterocycles. The minimum atomic E-state index is -3.37. The van der Waals surface area contributed by atoms with E-state index in [-0.39, 0.29) is 5.56 Å². The number of anilines is 1. The van der Waals surface area contributed by atoms with E-state index in [9.17, 15) is 22.8 Å². The molecule has 24 heavy (non-hydrogen) atoms. The van der Waals surface area contributed by atoms with E-state index in [1.807, 2.05) is 5.32 Å². The first kappa shape index (κ1) is 17.7. The number of nitrogens with one attached hydrogen (secondary N) is 1. The fraction of sp³-hybridized carbons (Fsp3) is 0.357. The molecule has 1 unspecified atom stereocenters. The summed E-state index contributed by atoms with van der Waals surface area (Å²) in [6, 6.07) is 3.43. The lowest BCUT2D eigenvalue weighted by Gasteiger charge is -2.16. The van der Waals surface area contributed by atoms with Crippen molar-refractivity contribution in [3.63, 3.8) is 0 Å². The molecule has 130 valence electrons. The molecule has 0 aliphatic carbocycles. The normalized spacial score (nSPS) is 14.7. The first-order chi connectivity index (χ1) is 11.1. The molecule has 1 heterocycles. The molecule has 1 atom stereocenters. The summed E-state index contributed by atoms with van der Waals surface area (Å²) in [7, 11) is -3.37. The van der Waals surface area contributed by atoms with Crippen LogP contribution in [0.1, 0.15) is 22.8 Å². The van der Waals surface area contributed by atoms with Crippen molar-refractivity contribution in [3.8, 4) is 0 Å². The van der Waals surface area contributed by atoms with Crippen LogP contribution in [0.25, 0.3) is 0 Å². The van der Waals surface area contributed by atoms with Crippen LogP contribution in [0.4, 0.5) is 10.5 Å². The lowest BCUT2D eigenvalue weighted by Crippen LogP contribution is -2.42. The molecule has 2 rings (SSSR count). The number of amides is 3. The van der Waals surface area contributed by atoms with Gasteiger partial charge in [0.2, 0.25) is 10.0 Å². The third-order valence-corrected chi connectivity index (χ3v) is 4.65. The fourth-order valence-electron chi connectivity index (χ4n) is 2.35. The highest BCUT2D eigenvalue weighted by molar-refractivity contribution is 7.92. The lowest BCUT2D eigenvalue weighted by atomic mass is 10.1. The van der Waals surface area contributed by atoms with Crippen molar-refractivity contribution in [2.24, 2.45) is 5.73 Å². The predicted octanol–water partition coefficient (Wildman–Crippen LogP) is -0.251. The van der Waals surface area contributed by atoms with Crippen molar-refractivity contribution < 1.29 is 27.5 Å². The van der Waals surface area contributed by atoms with Crippen LogP contribution in [0.5, 0.6) is 0 Å². The maximum Gasteiger partial charge on any atom is 0.338 e. The summed E-state index contributed by atoms with van der Waals surface area (Å²) in [6.07, 6.45) is 0.385. The Balaban J connectivity index is 2.13. The average Bonchev–Trinajstić information content (AvgIpc) is 2.89. The zero-order valence-electron chi connectivity index (χ0n) is 13.1. The molecule has 0 radical (unpaired) electrons. The number of nitrogens with two attached hydrogens (primary N) is 1. The predicted molar refractivity (Wildman–Crippen MR) is 84.9 cm³/mol. The van der Waals surface area contributed by atoms with E-state index in [0.29, 0.717) is 24.2 Å². The third kappa shape index (κ3) is 3.82. The number of sulfonamides is 1. The SMILES string of the molecule is CC(OC(=O)c1ccc2c(c1)CCN2S(C)(=O)=O)C(=O)NC(N)=O. The van der Waals surface area contributed by atoms with Gasteiger partial charge in [0.05, 0.1) is 17.5 Å². The van der Waals surface area contributed by atoms with Gasteiger partial charge in [-0.2, -0.15) is 0 Å². The standard InChI is InChI=1S/C14H17N3O6S/c1-8(12(18)16-14(15)20)23-13(19)10-3-4-11-9(7-10)5-6-17(11)24(2,21)22/h3-4,7-8H,5-6H2,1-2H3,(H3,15,16,18,20). The van der Waals surface area contributed by atoms with Crippen molar-refractivity contribution >= 4 is 33.6 Å². The molecular weight excluding hydrogens is 338 g/mol. The number of esters is 1. The number of primary amides is 1. The molecule has 3 amide bonds. The summed E-state index contributed by atoms with van der Waals surface area (Å²) in [5.74, 6) is -1.59. The number of fused-ring (bicyclic) bond motifs is 1. The highest BCUT2D eigenvalue weighted by Gasteiger charge is 2.27. The summed E-state index contributed by atoms with van der Waals surface area (Å²) in [5, 5.41) is 1.81. The van der Waals surface area contributed by atoms with Crippen LogP contribution in [0.3, 0.4) is 0 Å². The second-order valence-corrected chi connectivity index (χ2v) is 7.24. The first-order valence-corrected chi connectivity index (χ1v) is 8.86. The second kappa shape index (κ2) is 6.48. The van der Waals surface area contributed by atoms with Crippen LogP contribution in [0.15, 0.2) is 18.2 Å². The van der Waals surface area contributed by atoms with Gasteiger partial charge in [-0.1, -0.05) is 0 Å². The molecule has 10 heteroatoms. The van der Waals surface area contributed by atoms with Crippen molar-refractivity contribution in [2.75, 3.05) is 17.1 Å². The minimum absolute atomic E-state index is 0.183. The van der Waals surface area contributed by atoms with E-state index in [0.717, 1.165) is 6.26 Å². The summed E-state index contributed by atoms with van der Waals surface area (Å²) in [4.78, 5) is 34.2. The van der Waals surface area contributed by atoms with Crippen LogP contribution in [0.2, 0.25) is 0 Å². The largest absolute Gasteiger partial charge is 0.449 e. The first-order valence-electron chi connectivity index (χ1n) is 7.01. The molecule has 0 fully saturated rings. The van der Waals surface area contributed by atoms with Crippen molar-refractivity contribution in [1.82, 2.24) is 5.32 Å². The highest BCUT2D eigenvalue weighted by Crippen LogP contribution is 2.30. The van der Waals surface area contributed by atoms with E-state index in [4.69, 9.17) is 10.5 Å². The fourth-order valence-corrected chi connectivity index (χ4v) is 3.31. The molecule has 3 N–H and O–H groups in total. The molecule has 1 aromatic carbocycles. The summed E-state index contributed by atoms with van der Waals surface area (Å²) >= 11 is 0. The van der Waals surface area contributed by atoms with Crippen molar-refractivity contribution in [1.29, 1.82) is 0 Å². The van der Waals surface area contributed by atoms with Crippen LogP contribution in [-0.4, -0.2) is 45.2 Å². The smallest absolute Gasteiger partial charge is 0.338 e. The Labute approximate surface area is 138 Å². The monoisotopic (exact) mass is 355 g/mol. The second-order valence-electron chi connectivity index (χ2n) is 5.33. The van der Waals surface area contributed by atoms with Crippen LogP contribution < -0.4 is 15.4 Å². The van der Waals surface area contributed by atoms with Crippen molar-refractivity contribution in [3.05, 3.63) is 29.3 Å². The number of ether oxygens (including phenoxy) is 1. The number of benzene rings is 1. The molecule has 0 saturated heterocycles. The van der Waals surface area contributed by atoms with Gasteiger partial charge >= 0.3 is 12.0 Å². The molecule has 0 bridgehead atoms. The van der Waals surface area contributed by atoms with Gasteiger partial charge < -0.3 is 10.5 Å². The average molecular weight is 355 g/mol. The van der Waals surface area contributed by atoms with Gasteiger partial charge in [0.15, 0.2) is 6.10 Å². The Morgan fingerprint density at radius 2 is 2.00 bits per heavy atom. The zero-order valence-corrected chi connectivity index (χ0v) is 13.9. The highest BCUT2D eigenvalue weighted by atomic mass is 32.2. The maximum absolute atomic E-state index is 12.1. The van der Waals surface area contributed by atoms with E-state index in [2.05, 4.69) is 0 Å². The van der Waals surface area contributed by atoms with Crippen LogP contribution in [0, 0.1) is 0 Å². The Morgan fingerprint density at radius 1 is 1.33 bits per heavy atom. The van der Waals surface area contributed by atoms with Gasteiger partial charge in [-0.15, -0.1) is 0 Å². The van der Waals surface area contributed by atoms with Gasteiger partial charge in [-0.25, -0.2) is 18.0 Å². The summed E-state index contributed by atoms with van der Waals surface area (Å²) in [6.45, 7) is 1.61. The van der Waals surface area contributed by atoms with Crippen molar-refractivity contribution in [2.45, 2.75) is 19.4 Å². The van der Waals surface area contributed by atoms with E-state index in [1.54, 1.807) is 0 Å². The minimum Gasteiger partial charge on any atom is -0.449 e. The number of imide groups is 1. The summed E-state index contributed by atoms with van der Waals surface area (Å²) < 4.78 is 29.6. The Bertz CT molecular complexity index is 805. The number of urea groups is 1. The number of rotatable bonds is 4. The lowest BCUT2D eigenvalue weighted by molar-refractivity contribution is -0.127. The number of hydrogen-bond donors (Lipinski definition) is 2. The topological polar surface area (TPSA) is 136 Å². The number of nitrogens with zero attached hydrogens (tertiary/aromatic N) is 1. The molecule has 1 aliphatic rings. The molecule has 0 saturated carbocycles. The molecular formula is C14H17N3O6S. The molecule has 1 aromatic rings. The maximum atomic E-state index is 12.1. The molecule has 9 nitrogen and oxygen atoms in total. The molecule has 0 spiro atoms. The van der Waals surface area contributed by atoms with Gasteiger partial charge in [0, 0.05) is 6.54 Å². The number of carbonyl (C=O) groups excluding carboxylic acids is 3. The summed E-state index contributed by atoms with van der Waals surface area (Å²) in [5.41, 5.74) is 6.22. The van der Waals surface area contributed by atoms with Gasteiger partial charge in [0.25, 0.3) is 5.91 Å². The molecule has 1 aliphatic heterocycles. The van der Waals surface area contributed by atoms with Gasteiger partial charge in [-0.3, -0.25) is 14.4 Å². The van der Waals surface area contributed by atoms with Gasteiger partial charge in [-0.05, 0) is 37.1 Å². The van der Waals surface area contributed by atoms with E-state index >= 15 is 0 Å². The van der Waals surface area contributed by atoms with E-state index in [1.165, 1.54) is 29.4 Å². The Hall–Kier alpha value is -2.62. The van der Waals surface area contributed by atoms with Crippen LogP contribution in [-0.2, 0) is 26.0 Å². The Morgan fingerprint density at radius 3 is 2.58 bits per heavy atom. The number of hydrogen-bond acceptors (Lipinski definition) is 6. The quantitative estimate of drug-likeness (QED) is 0.715. The third-order valence-electron chi connectivity index (χ3n) is 3.47. The van der Waals surface area contributed by atoms with Gasteiger partial charge in [0.1, 0.15) is 0 Å². The Kier molecular flexibility index (Phi) is 4.78. The van der Waals surface area contributed by atoms with Crippen LogP contribution >= 0.6 is 0 Å². The number of carbonyl (C=O) groups is 3. The zero-order chi connectivity index (χ0) is 18.1.